The second-order valence-corrected chi connectivity index (χ2v) is 7.04. The maximum absolute atomic E-state index is 4.92. The normalized spacial score (nSPS) is 18.3. The van der Waals surface area contributed by atoms with Crippen LogP contribution in [0.4, 0.5) is 5.82 Å². The predicted octanol–water partition coefficient (Wildman–Crippen LogP) is 3.52. The molecule has 1 aromatic heterocycles. The quantitative estimate of drug-likeness (QED) is 0.793. The summed E-state index contributed by atoms with van der Waals surface area (Å²) in [6.07, 6.45) is 6.55. The Labute approximate surface area is 129 Å². The lowest BCUT2D eigenvalue weighted by atomic mass is 10.1. The molecule has 2 aliphatic carbocycles. The molecule has 0 aromatic carbocycles. The fourth-order valence-electron chi connectivity index (χ4n) is 2.78. The highest BCUT2D eigenvalue weighted by molar-refractivity contribution is 5.45. The highest BCUT2D eigenvalue weighted by Crippen LogP contribution is 2.37. The number of hydrogen-bond acceptors (Lipinski definition) is 3. The first-order chi connectivity index (χ1) is 10.2. The van der Waals surface area contributed by atoms with E-state index in [9.17, 15) is 0 Å². The summed E-state index contributed by atoms with van der Waals surface area (Å²) >= 11 is 0. The third-order valence-electron chi connectivity index (χ3n) is 4.44. The van der Waals surface area contributed by atoms with Crippen molar-refractivity contribution >= 4 is 5.82 Å². The van der Waals surface area contributed by atoms with Crippen LogP contribution in [0.15, 0.2) is 12.1 Å². The molecule has 0 unspecified atom stereocenters. The van der Waals surface area contributed by atoms with Crippen molar-refractivity contribution in [1.29, 1.82) is 0 Å². The van der Waals surface area contributed by atoms with E-state index < -0.39 is 0 Å². The number of aromatic nitrogens is 1. The molecule has 2 saturated carbocycles. The van der Waals surface area contributed by atoms with E-state index in [1.807, 2.05) is 0 Å². The fraction of sp³-hybridized carbons (Fsp3) is 0.722. The van der Waals surface area contributed by atoms with Crippen LogP contribution in [0.5, 0.6) is 0 Å². The van der Waals surface area contributed by atoms with E-state index in [1.54, 1.807) is 0 Å². The number of hydrogen-bond donors (Lipinski definition) is 1. The van der Waals surface area contributed by atoms with Gasteiger partial charge in [-0.15, -0.1) is 0 Å². The average Bonchev–Trinajstić information content (AvgIpc) is 3.35. The summed E-state index contributed by atoms with van der Waals surface area (Å²) in [5.41, 5.74) is 2.61. The molecule has 3 heteroatoms. The summed E-state index contributed by atoms with van der Waals surface area (Å²) < 4.78 is 0. The van der Waals surface area contributed by atoms with Gasteiger partial charge in [0.2, 0.25) is 0 Å². The van der Waals surface area contributed by atoms with Gasteiger partial charge in [-0.3, -0.25) is 0 Å². The molecule has 1 heterocycles. The monoisotopic (exact) mass is 287 g/mol. The van der Waals surface area contributed by atoms with Gasteiger partial charge in [0.1, 0.15) is 5.82 Å². The second kappa shape index (κ2) is 6.35. The Morgan fingerprint density at radius 2 is 2.00 bits per heavy atom. The minimum Gasteiger partial charge on any atom is -0.353 e. The van der Waals surface area contributed by atoms with E-state index >= 15 is 0 Å². The second-order valence-electron chi connectivity index (χ2n) is 7.04. The van der Waals surface area contributed by atoms with Gasteiger partial charge in [0.15, 0.2) is 0 Å². The van der Waals surface area contributed by atoms with E-state index in [-0.39, 0.29) is 0 Å². The van der Waals surface area contributed by atoms with Crippen LogP contribution in [0.25, 0.3) is 0 Å². The van der Waals surface area contributed by atoms with Crippen molar-refractivity contribution in [2.75, 3.05) is 11.4 Å². The molecule has 0 saturated heterocycles. The van der Waals surface area contributed by atoms with Crippen molar-refractivity contribution in [2.24, 2.45) is 5.92 Å². The highest BCUT2D eigenvalue weighted by atomic mass is 15.2. The predicted molar refractivity (Wildman–Crippen MR) is 88.7 cm³/mol. The van der Waals surface area contributed by atoms with Gasteiger partial charge in [0.25, 0.3) is 0 Å². The zero-order chi connectivity index (χ0) is 14.8. The van der Waals surface area contributed by atoms with Crippen molar-refractivity contribution in [3.8, 4) is 0 Å². The molecular weight excluding hydrogens is 258 g/mol. The molecule has 116 valence electrons. The Hall–Kier alpha value is -1.09. The summed E-state index contributed by atoms with van der Waals surface area (Å²) in [6, 6.07) is 5.87. The van der Waals surface area contributed by atoms with Crippen molar-refractivity contribution in [3.63, 3.8) is 0 Å². The molecule has 1 N–H and O–H groups in total. The topological polar surface area (TPSA) is 28.2 Å². The number of aryl methyl sites for hydroxylation is 1. The van der Waals surface area contributed by atoms with Crippen LogP contribution in [0.2, 0.25) is 0 Å². The lowest BCUT2D eigenvalue weighted by Gasteiger charge is -2.25. The molecule has 3 nitrogen and oxygen atoms in total. The zero-order valence-electron chi connectivity index (χ0n) is 13.7. The SMILES string of the molecule is CCc1cc(CNC(C)C)cc(N(CC2CC2)C2CC2)n1. The van der Waals surface area contributed by atoms with Gasteiger partial charge in [-0.25, -0.2) is 4.98 Å². The number of anilines is 1. The van der Waals surface area contributed by atoms with Gasteiger partial charge < -0.3 is 10.2 Å². The van der Waals surface area contributed by atoms with E-state index in [2.05, 4.69) is 43.1 Å². The first-order valence-electron chi connectivity index (χ1n) is 8.65. The molecule has 2 aliphatic rings. The highest BCUT2D eigenvalue weighted by Gasteiger charge is 2.34. The molecule has 0 atom stereocenters. The van der Waals surface area contributed by atoms with Gasteiger partial charge in [-0.1, -0.05) is 20.8 Å². The molecular formula is C18H29N3. The number of nitrogens with one attached hydrogen (secondary N) is 1. The Kier molecular flexibility index (Phi) is 4.48. The molecule has 21 heavy (non-hydrogen) atoms. The number of pyridine rings is 1. The van der Waals surface area contributed by atoms with Crippen LogP contribution in [-0.4, -0.2) is 23.6 Å². The summed E-state index contributed by atoms with van der Waals surface area (Å²) in [4.78, 5) is 7.51. The Morgan fingerprint density at radius 1 is 1.24 bits per heavy atom. The van der Waals surface area contributed by atoms with E-state index in [0.717, 1.165) is 24.9 Å². The average molecular weight is 287 g/mol. The minimum atomic E-state index is 0.526. The fourth-order valence-corrected chi connectivity index (χ4v) is 2.78. The Morgan fingerprint density at radius 3 is 2.57 bits per heavy atom. The van der Waals surface area contributed by atoms with Crippen molar-refractivity contribution in [2.45, 2.75) is 71.5 Å². The summed E-state index contributed by atoms with van der Waals surface area (Å²) in [6.45, 7) is 8.77. The molecule has 0 spiro atoms. The van der Waals surface area contributed by atoms with Crippen LogP contribution >= 0.6 is 0 Å². The van der Waals surface area contributed by atoms with Crippen LogP contribution in [-0.2, 0) is 13.0 Å². The lowest BCUT2D eigenvalue weighted by Crippen LogP contribution is -2.29. The van der Waals surface area contributed by atoms with Crippen molar-refractivity contribution in [1.82, 2.24) is 10.3 Å². The number of nitrogens with zero attached hydrogens (tertiary/aromatic N) is 2. The molecule has 0 radical (unpaired) electrons. The molecule has 0 bridgehead atoms. The van der Waals surface area contributed by atoms with Gasteiger partial charge in [0, 0.05) is 30.9 Å². The lowest BCUT2D eigenvalue weighted by molar-refractivity contribution is 0.587. The molecule has 2 fully saturated rings. The van der Waals surface area contributed by atoms with E-state index in [4.69, 9.17) is 4.98 Å². The molecule has 1 aromatic rings. The summed E-state index contributed by atoms with van der Waals surface area (Å²) in [7, 11) is 0. The molecule has 3 rings (SSSR count). The maximum Gasteiger partial charge on any atom is 0.129 e. The van der Waals surface area contributed by atoms with Crippen LogP contribution in [0, 0.1) is 5.92 Å². The summed E-state index contributed by atoms with van der Waals surface area (Å²) in [5.74, 6) is 2.15. The minimum absolute atomic E-state index is 0.526. The van der Waals surface area contributed by atoms with Gasteiger partial charge in [-0.05, 0) is 55.7 Å². The summed E-state index contributed by atoms with van der Waals surface area (Å²) in [5, 5.41) is 3.53. The maximum atomic E-state index is 4.92. The van der Waals surface area contributed by atoms with E-state index in [0.29, 0.717) is 6.04 Å². The standard InChI is InChI=1S/C18H29N3/c1-4-16-9-15(11-19-13(2)3)10-18(20-16)21(17-7-8-17)12-14-5-6-14/h9-10,13-14,17,19H,4-8,11-12H2,1-3H3. The van der Waals surface area contributed by atoms with Crippen LogP contribution in [0.3, 0.4) is 0 Å². The van der Waals surface area contributed by atoms with E-state index in [1.165, 1.54) is 49.3 Å². The van der Waals surface area contributed by atoms with Gasteiger partial charge in [-0.2, -0.15) is 0 Å². The first-order valence-corrected chi connectivity index (χ1v) is 8.65. The zero-order valence-corrected chi connectivity index (χ0v) is 13.7. The van der Waals surface area contributed by atoms with Crippen LogP contribution in [0.1, 0.15) is 57.7 Å². The first kappa shape index (κ1) is 14.8. The third kappa shape index (κ3) is 4.19. The number of rotatable bonds is 8. The Balaban J connectivity index is 1.79. The smallest absolute Gasteiger partial charge is 0.129 e. The van der Waals surface area contributed by atoms with Crippen molar-refractivity contribution in [3.05, 3.63) is 23.4 Å². The largest absolute Gasteiger partial charge is 0.353 e. The third-order valence-corrected chi connectivity index (χ3v) is 4.44. The van der Waals surface area contributed by atoms with Crippen LogP contribution < -0.4 is 10.2 Å². The molecule has 0 aliphatic heterocycles. The molecule has 0 amide bonds. The van der Waals surface area contributed by atoms with Gasteiger partial charge >= 0.3 is 0 Å². The van der Waals surface area contributed by atoms with Crippen molar-refractivity contribution < 1.29 is 0 Å². The Bertz CT molecular complexity index is 475. The van der Waals surface area contributed by atoms with Gasteiger partial charge in [0.05, 0.1) is 0 Å².